The van der Waals surface area contributed by atoms with Gasteiger partial charge in [0.25, 0.3) is 11.5 Å². The zero-order valence-corrected chi connectivity index (χ0v) is 18.0. The van der Waals surface area contributed by atoms with Gasteiger partial charge in [-0.3, -0.25) is 4.79 Å². The van der Waals surface area contributed by atoms with Crippen LogP contribution in [0.25, 0.3) is 11.2 Å². The van der Waals surface area contributed by atoms with Gasteiger partial charge in [-0.25, -0.2) is 23.5 Å². The summed E-state index contributed by atoms with van der Waals surface area (Å²) in [6.07, 6.45) is -1.33. The summed E-state index contributed by atoms with van der Waals surface area (Å²) >= 11 is 0. The second kappa shape index (κ2) is 8.25. The average Bonchev–Trinajstić information content (AvgIpc) is 3.22. The number of pyridine rings is 1. The lowest BCUT2D eigenvalue weighted by Crippen LogP contribution is -2.59. The third-order valence-electron chi connectivity index (χ3n) is 5.67. The molecule has 4 heterocycles. The van der Waals surface area contributed by atoms with E-state index in [1.54, 1.807) is 12.3 Å². The third-order valence-corrected chi connectivity index (χ3v) is 5.67. The first-order valence-electron chi connectivity index (χ1n) is 10.1. The molecule has 4 rings (SSSR count). The number of H-pyrrole nitrogens is 1. The lowest BCUT2D eigenvalue weighted by Gasteiger charge is -2.42. The van der Waals surface area contributed by atoms with Crippen LogP contribution in [-0.2, 0) is 13.2 Å². The molecule has 182 valence electrons. The number of hydrogen-bond acceptors (Lipinski definition) is 5. The average molecular weight is 485 g/mol. The lowest BCUT2D eigenvalue weighted by molar-refractivity contribution is -0.138. The number of aromatic nitrogens is 4. The standard InChI is InChI=1S/C20H20F5N7O2/c1-30-9-11(20(23,24)25)7-13(17(30)33)29-18(34)31(2)14-4-6-32(10-19(14,21)22)15-8-27-16-12(28-15)3-5-26-16/h3,5,7-9,14H,4,6,10H2,1-2H3,(H,26,27)(H,29,34). The first kappa shape index (κ1) is 23.4. The summed E-state index contributed by atoms with van der Waals surface area (Å²) < 4.78 is 69.9. The fourth-order valence-electron chi connectivity index (χ4n) is 3.87. The van der Waals surface area contributed by atoms with Gasteiger partial charge in [0.15, 0.2) is 5.65 Å². The van der Waals surface area contributed by atoms with Gasteiger partial charge in [-0.2, -0.15) is 13.2 Å². The van der Waals surface area contributed by atoms with Crippen LogP contribution >= 0.6 is 0 Å². The Morgan fingerprint density at radius 2 is 2.09 bits per heavy atom. The van der Waals surface area contributed by atoms with E-state index < -0.39 is 47.5 Å². The van der Waals surface area contributed by atoms with Gasteiger partial charge in [-0.05, 0) is 18.6 Å². The Kier molecular flexibility index (Phi) is 5.69. The van der Waals surface area contributed by atoms with E-state index in [1.807, 2.05) is 5.32 Å². The molecule has 0 aliphatic carbocycles. The zero-order chi connectivity index (χ0) is 24.8. The Morgan fingerprint density at radius 1 is 1.35 bits per heavy atom. The highest BCUT2D eigenvalue weighted by atomic mass is 19.4. The highest BCUT2D eigenvalue weighted by Crippen LogP contribution is 2.33. The number of nitrogens with one attached hydrogen (secondary N) is 2. The van der Waals surface area contributed by atoms with E-state index in [-0.39, 0.29) is 18.8 Å². The minimum absolute atomic E-state index is 0.133. The van der Waals surface area contributed by atoms with Crippen molar-refractivity contribution in [3.63, 3.8) is 0 Å². The van der Waals surface area contributed by atoms with Gasteiger partial charge in [-0.15, -0.1) is 0 Å². The minimum atomic E-state index is -4.76. The van der Waals surface area contributed by atoms with Crippen molar-refractivity contribution in [2.24, 2.45) is 7.05 Å². The number of rotatable bonds is 3. The predicted octanol–water partition coefficient (Wildman–Crippen LogP) is 3.05. The lowest BCUT2D eigenvalue weighted by atomic mass is 9.99. The molecule has 1 aliphatic rings. The number of halogens is 5. The number of anilines is 2. The fraction of sp³-hybridized carbons (Fsp3) is 0.400. The molecule has 0 bridgehead atoms. The molecule has 0 saturated carbocycles. The number of aryl methyl sites for hydroxylation is 1. The molecule has 9 nitrogen and oxygen atoms in total. The van der Waals surface area contributed by atoms with Crippen molar-refractivity contribution < 1.29 is 26.7 Å². The van der Waals surface area contributed by atoms with Crippen molar-refractivity contribution in [1.82, 2.24) is 24.4 Å². The van der Waals surface area contributed by atoms with Gasteiger partial charge < -0.3 is 24.7 Å². The molecule has 0 aromatic carbocycles. The number of carbonyl (C=O) groups is 1. The maximum atomic E-state index is 15.0. The number of hydrogen-bond donors (Lipinski definition) is 2. The number of urea groups is 1. The molecule has 1 fully saturated rings. The zero-order valence-electron chi connectivity index (χ0n) is 18.0. The van der Waals surface area contributed by atoms with E-state index >= 15 is 8.78 Å². The second-order valence-corrected chi connectivity index (χ2v) is 8.02. The van der Waals surface area contributed by atoms with Crippen LogP contribution in [0.15, 0.2) is 35.5 Å². The molecule has 0 spiro atoms. The monoisotopic (exact) mass is 485 g/mol. The van der Waals surface area contributed by atoms with Crippen molar-refractivity contribution in [3.05, 3.63) is 46.6 Å². The quantitative estimate of drug-likeness (QED) is 0.556. The van der Waals surface area contributed by atoms with Gasteiger partial charge in [0.1, 0.15) is 23.1 Å². The van der Waals surface area contributed by atoms with Gasteiger partial charge in [-0.1, -0.05) is 0 Å². The van der Waals surface area contributed by atoms with Crippen molar-refractivity contribution >= 4 is 28.7 Å². The summed E-state index contributed by atoms with van der Waals surface area (Å²) in [7, 11) is 2.20. The number of amides is 2. The maximum absolute atomic E-state index is 15.0. The molecule has 2 amide bonds. The smallest absolute Gasteiger partial charge is 0.349 e. The minimum Gasteiger partial charge on any atom is -0.349 e. The van der Waals surface area contributed by atoms with Crippen LogP contribution < -0.4 is 15.8 Å². The molecule has 14 heteroatoms. The molecule has 3 aromatic rings. The number of carbonyl (C=O) groups excluding carboxylic acids is 1. The van der Waals surface area contributed by atoms with E-state index in [4.69, 9.17) is 0 Å². The van der Waals surface area contributed by atoms with Gasteiger partial charge in [0.05, 0.1) is 18.3 Å². The van der Waals surface area contributed by atoms with E-state index in [0.29, 0.717) is 32.9 Å². The summed E-state index contributed by atoms with van der Waals surface area (Å²) in [5, 5.41) is 2.04. The highest BCUT2D eigenvalue weighted by molar-refractivity contribution is 5.89. The van der Waals surface area contributed by atoms with Gasteiger partial charge in [0, 0.05) is 33.0 Å². The van der Waals surface area contributed by atoms with E-state index in [2.05, 4.69) is 15.0 Å². The van der Waals surface area contributed by atoms with E-state index in [1.165, 1.54) is 11.1 Å². The first-order chi connectivity index (χ1) is 15.9. The van der Waals surface area contributed by atoms with Crippen LogP contribution in [0.5, 0.6) is 0 Å². The summed E-state index contributed by atoms with van der Waals surface area (Å²) in [5.41, 5.74) is -1.70. The molecule has 1 unspecified atom stereocenters. The number of nitrogens with zero attached hydrogens (tertiary/aromatic N) is 5. The van der Waals surface area contributed by atoms with Crippen LogP contribution in [0.4, 0.5) is 38.3 Å². The molecule has 3 aromatic heterocycles. The Hall–Kier alpha value is -3.71. The van der Waals surface area contributed by atoms with Crippen molar-refractivity contribution in [1.29, 1.82) is 0 Å². The largest absolute Gasteiger partial charge is 0.417 e. The maximum Gasteiger partial charge on any atom is 0.417 e. The molecular formula is C20H20F5N7O2. The normalized spacial score (nSPS) is 18.2. The molecule has 1 saturated heterocycles. The van der Waals surface area contributed by atoms with E-state index in [9.17, 15) is 22.8 Å². The van der Waals surface area contributed by atoms with Gasteiger partial charge in [0.2, 0.25) is 0 Å². The number of piperidine rings is 1. The Labute approximate surface area is 189 Å². The second-order valence-electron chi connectivity index (χ2n) is 8.02. The topological polar surface area (TPSA) is 99.1 Å². The summed E-state index contributed by atoms with van der Waals surface area (Å²) in [6, 6.07) is -0.539. The van der Waals surface area contributed by atoms with Crippen LogP contribution in [-0.4, -0.2) is 62.6 Å². The first-order valence-corrected chi connectivity index (χ1v) is 10.1. The number of aromatic amines is 1. The predicted molar refractivity (Wildman–Crippen MR) is 113 cm³/mol. The van der Waals surface area contributed by atoms with E-state index in [0.717, 1.165) is 14.1 Å². The van der Waals surface area contributed by atoms with Crippen LogP contribution in [0.3, 0.4) is 0 Å². The van der Waals surface area contributed by atoms with Crippen LogP contribution in [0, 0.1) is 0 Å². The molecule has 2 N–H and O–H groups in total. The third kappa shape index (κ3) is 4.39. The van der Waals surface area contributed by atoms with Crippen LogP contribution in [0.1, 0.15) is 12.0 Å². The van der Waals surface area contributed by atoms with Crippen molar-refractivity contribution in [2.45, 2.75) is 24.6 Å². The Morgan fingerprint density at radius 3 is 2.76 bits per heavy atom. The molecule has 1 atom stereocenters. The SMILES string of the molecule is CN(C(=O)Nc1cc(C(F)(F)F)cn(C)c1=O)C1CCN(c2cnc3[nH]ccc3n2)CC1(F)F. The highest BCUT2D eigenvalue weighted by Gasteiger charge is 2.48. The van der Waals surface area contributed by atoms with Crippen LogP contribution in [0.2, 0.25) is 0 Å². The summed E-state index contributed by atoms with van der Waals surface area (Å²) in [4.78, 5) is 38.2. The number of alkyl halides is 5. The summed E-state index contributed by atoms with van der Waals surface area (Å²) in [6.45, 7) is -0.612. The number of fused-ring (bicyclic) bond motifs is 1. The molecule has 34 heavy (non-hydrogen) atoms. The Bertz CT molecular complexity index is 1290. The Balaban J connectivity index is 1.50. The summed E-state index contributed by atoms with van der Waals surface area (Å²) in [5.74, 6) is -3.12. The fourth-order valence-corrected chi connectivity index (χ4v) is 3.87. The van der Waals surface area contributed by atoms with Crippen molar-refractivity contribution in [2.75, 3.05) is 30.4 Å². The molecular weight excluding hydrogens is 465 g/mol. The molecule has 1 aliphatic heterocycles. The van der Waals surface area contributed by atoms with Gasteiger partial charge >= 0.3 is 12.2 Å². The molecule has 0 radical (unpaired) electrons. The van der Waals surface area contributed by atoms with Crippen molar-refractivity contribution in [3.8, 4) is 0 Å².